The predicted molar refractivity (Wildman–Crippen MR) is 39.2 cm³/mol. The van der Waals surface area contributed by atoms with Gasteiger partial charge in [0.2, 0.25) is 0 Å². The van der Waals surface area contributed by atoms with Crippen LogP contribution in [0.3, 0.4) is 0 Å². The highest BCUT2D eigenvalue weighted by Gasteiger charge is 2.75. The van der Waals surface area contributed by atoms with Crippen molar-refractivity contribution < 1.29 is 0 Å². The number of hydrogen-bond donors (Lipinski definition) is 0. The fourth-order valence-corrected chi connectivity index (χ4v) is 3.07. The molecule has 3 aliphatic rings. The van der Waals surface area contributed by atoms with E-state index in [9.17, 15) is 0 Å². The van der Waals surface area contributed by atoms with Crippen LogP contribution in [0.1, 0.15) is 40.5 Å². The molecule has 0 atom stereocenters. The fraction of sp³-hybridized carbons (Fsp3) is 1.00. The summed E-state index contributed by atoms with van der Waals surface area (Å²) in [5.74, 6) is 0. The zero-order valence-corrected chi connectivity index (χ0v) is 6.91. The van der Waals surface area contributed by atoms with Gasteiger partial charge in [0.15, 0.2) is 0 Å². The molecular formula is C9H16. The van der Waals surface area contributed by atoms with Gasteiger partial charge in [-0.05, 0) is 29.1 Å². The summed E-state index contributed by atoms with van der Waals surface area (Å²) in [6, 6.07) is 0. The van der Waals surface area contributed by atoms with E-state index in [2.05, 4.69) is 27.7 Å². The van der Waals surface area contributed by atoms with E-state index < -0.39 is 0 Å². The maximum absolute atomic E-state index is 2.43. The summed E-state index contributed by atoms with van der Waals surface area (Å²) in [5.41, 5.74) is 2.10. The Labute approximate surface area is 57.6 Å². The smallest absolute Gasteiger partial charge is 0.0246 e. The molecule has 3 aliphatic carbocycles. The molecule has 0 N–H and O–H groups in total. The van der Waals surface area contributed by atoms with Crippen molar-refractivity contribution in [2.45, 2.75) is 40.5 Å². The van der Waals surface area contributed by atoms with Crippen LogP contribution < -0.4 is 0 Å². The van der Waals surface area contributed by atoms with Crippen molar-refractivity contribution in [3.8, 4) is 0 Å². The predicted octanol–water partition coefficient (Wildman–Crippen LogP) is 2.83. The first-order valence-electron chi connectivity index (χ1n) is 3.91. The number of rotatable bonds is 0. The zero-order valence-electron chi connectivity index (χ0n) is 6.91. The molecule has 0 unspecified atom stereocenters. The Kier molecular flexibility index (Phi) is 0.627. The van der Waals surface area contributed by atoms with Gasteiger partial charge in [-0.3, -0.25) is 0 Å². The van der Waals surface area contributed by atoms with Crippen molar-refractivity contribution >= 4 is 0 Å². The van der Waals surface area contributed by atoms with Gasteiger partial charge in [-0.25, -0.2) is 0 Å². The molecule has 0 heterocycles. The second kappa shape index (κ2) is 0.980. The fourth-order valence-electron chi connectivity index (χ4n) is 3.07. The van der Waals surface area contributed by atoms with E-state index in [-0.39, 0.29) is 0 Å². The lowest BCUT2D eigenvalue weighted by molar-refractivity contribution is -0.317. The van der Waals surface area contributed by atoms with Crippen molar-refractivity contribution in [1.29, 1.82) is 0 Å². The van der Waals surface area contributed by atoms with Crippen LogP contribution in [0, 0.1) is 16.2 Å². The van der Waals surface area contributed by atoms with Gasteiger partial charge >= 0.3 is 0 Å². The van der Waals surface area contributed by atoms with E-state index in [0.29, 0.717) is 5.41 Å². The van der Waals surface area contributed by atoms with Crippen LogP contribution in [-0.4, -0.2) is 0 Å². The molecule has 0 aromatic rings. The molecule has 0 radical (unpaired) electrons. The quantitative estimate of drug-likeness (QED) is 0.466. The Balaban J connectivity index is 2.31. The van der Waals surface area contributed by atoms with Crippen LogP contribution in [0.15, 0.2) is 0 Å². The van der Waals surface area contributed by atoms with E-state index in [4.69, 9.17) is 0 Å². The standard InChI is InChI=1S/C9H16/c1-7(2)8(3)5-9(7,4)6-8/h5-6H2,1-4H3. The van der Waals surface area contributed by atoms with E-state index >= 15 is 0 Å². The van der Waals surface area contributed by atoms with E-state index in [1.54, 1.807) is 0 Å². The molecule has 0 saturated heterocycles. The first kappa shape index (κ1) is 5.76. The van der Waals surface area contributed by atoms with Crippen molar-refractivity contribution in [3.63, 3.8) is 0 Å². The maximum atomic E-state index is 2.43. The van der Waals surface area contributed by atoms with E-state index in [1.165, 1.54) is 12.8 Å². The van der Waals surface area contributed by atoms with Gasteiger partial charge in [0.1, 0.15) is 0 Å². The summed E-state index contributed by atoms with van der Waals surface area (Å²) in [6.45, 7) is 9.69. The lowest BCUT2D eigenvalue weighted by atomic mass is 9.24. The van der Waals surface area contributed by atoms with Crippen molar-refractivity contribution in [2.24, 2.45) is 16.2 Å². The molecule has 3 fully saturated rings. The Morgan fingerprint density at radius 1 is 0.778 bits per heavy atom. The number of hydrogen-bond acceptors (Lipinski definition) is 0. The summed E-state index contributed by atoms with van der Waals surface area (Å²) in [5, 5.41) is 0. The largest absolute Gasteiger partial charge is 0.0591 e. The topological polar surface area (TPSA) is 0 Å². The molecule has 2 bridgehead atoms. The molecule has 0 aromatic heterocycles. The SMILES string of the molecule is CC12CC(C)(C1)C2(C)C. The van der Waals surface area contributed by atoms with Crippen LogP contribution in [0.5, 0.6) is 0 Å². The van der Waals surface area contributed by atoms with E-state index in [1.807, 2.05) is 0 Å². The van der Waals surface area contributed by atoms with Crippen molar-refractivity contribution in [2.75, 3.05) is 0 Å². The molecule has 0 heteroatoms. The van der Waals surface area contributed by atoms with Crippen molar-refractivity contribution in [3.05, 3.63) is 0 Å². The molecular weight excluding hydrogens is 108 g/mol. The summed E-state index contributed by atoms with van der Waals surface area (Å²) in [4.78, 5) is 0. The highest BCUT2D eigenvalue weighted by molar-refractivity contribution is 5.24. The highest BCUT2D eigenvalue weighted by Crippen LogP contribution is 2.83. The third kappa shape index (κ3) is 0.320. The van der Waals surface area contributed by atoms with Gasteiger partial charge in [0.05, 0.1) is 0 Å². The minimum absolute atomic E-state index is 0.653. The molecule has 3 rings (SSSR count). The monoisotopic (exact) mass is 124 g/mol. The van der Waals surface area contributed by atoms with Crippen molar-refractivity contribution in [1.82, 2.24) is 0 Å². The summed E-state index contributed by atoms with van der Waals surface area (Å²) < 4.78 is 0. The first-order valence-corrected chi connectivity index (χ1v) is 3.91. The second-order valence-corrected chi connectivity index (χ2v) is 5.10. The second-order valence-electron chi connectivity index (χ2n) is 5.10. The Morgan fingerprint density at radius 2 is 1.11 bits per heavy atom. The molecule has 0 aromatic carbocycles. The van der Waals surface area contributed by atoms with Gasteiger partial charge < -0.3 is 0 Å². The molecule has 0 nitrogen and oxygen atoms in total. The molecule has 0 spiro atoms. The van der Waals surface area contributed by atoms with Crippen LogP contribution in [-0.2, 0) is 0 Å². The molecule has 9 heavy (non-hydrogen) atoms. The van der Waals surface area contributed by atoms with Crippen LogP contribution in [0.4, 0.5) is 0 Å². The van der Waals surface area contributed by atoms with Gasteiger partial charge in [-0.1, -0.05) is 27.7 Å². The third-order valence-corrected chi connectivity index (χ3v) is 4.58. The molecule has 0 aliphatic heterocycles. The minimum atomic E-state index is 0.653. The summed E-state index contributed by atoms with van der Waals surface area (Å²) in [6.07, 6.45) is 2.96. The highest BCUT2D eigenvalue weighted by atomic mass is 14.8. The Hall–Kier alpha value is 0. The van der Waals surface area contributed by atoms with Gasteiger partial charge in [-0.2, -0.15) is 0 Å². The Bertz CT molecular complexity index is 143. The van der Waals surface area contributed by atoms with Gasteiger partial charge in [0.25, 0.3) is 0 Å². The maximum Gasteiger partial charge on any atom is -0.0246 e. The summed E-state index contributed by atoms with van der Waals surface area (Å²) >= 11 is 0. The Morgan fingerprint density at radius 3 is 1.11 bits per heavy atom. The average Bonchev–Trinajstić information content (AvgIpc) is 1.64. The lowest BCUT2D eigenvalue weighted by Crippen LogP contribution is -2.72. The van der Waals surface area contributed by atoms with Crippen LogP contribution >= 0.6 is 0 Å². The van der Waals surface area contributed by atoms with Gasteiger partial charge in [-0.15, -0.1) is 0 Å². The van der Waals surface area contributed by atoms with Crippen LogP contribution in [0.2, 0.25) is 0 Å². The van der Waals surface area contributed by atoms with Gasteiger partial charge in [0, 0.05) is 0 Å². The molecule has 0 amide bonds. The summed E-state index contributed by atoms with van der Waals surface area (Å²) in [7, 11) is 0. The molecule has 3 saturated carbocycles. The minimum Gasteiger partial charge on any atom is -0.0591 e. The van der Waals surface area contributed by atoms with Crippen LogP contribution in [0.25, 0.3) is 0 Å². The first-order chi connectivity index (χ1) is 3.91. The third-order valence-electron chi connectivity index (χ3n) is 4.58. The zero-order chi connectivity index (χ0) is 6.91. The average molecular weight is 124 g/mol. The van der Waals surface area contributed by atoms with E-state index in [0.717, 1.165) is 10.8 Å². The normalized spacial score (nSPS) is 60.0. The lowest BCUT2D eigenvalue weighted by Gasteiger charge is -2.81. The molecule has 52 valence electrons.